The van der Waals surface area contributed by atoms with Crippen molar-refractivity contribution in [3.8, 4) is 28.6 Å². The standard InChI is InChI=1S/C35H36F3N9O2/c1-21-5-4-10-46(17-21)18-24-12-28-29(30(13-24)35(36,37)38)19-47(34(28)49)32-15-25(14-31(43-32)41-9-8-40-22(2)48)26-7-6-23(16-39)11-27(26)33-44-42-20-45(33)3/h6-7,11-15,20-21H,4-5,8-10,17-19H2,1-3H3,(H,40,48)(H,41,43). The number of amides is 2. The highest BCUT2D eigenvalue weighted by atomic mass is 19.4. The van der Waals surface area contributed by atoms with Gasteiger partial charge in [0.2, 0.25) is 5.91 Å². The van der Waals surface area contributed by atoms with Crippen LogP contribution < -0.4 is 15.5 Å². The Morgan fingerprint density at radius 1 is 1.10 bits per heavy atom. The topological polar surface area (TPSA) is 132 Å². The van der Waals surface area contributed by atoms with Crippen LogP contribution in [0.2, 0.25) is 0 Å². The van der Waals surface area contributed by atoms with E-state index in [-0.39, 0.29) is 29.4 Å². The largest absolute Gasteiger partial charge is 0.416 e. The van der Waals surface area contributed by atoms with Crippen LogP contribution in [-0.2, 0) is 31.1 Å². The molecule has 4 heterocycles. The molecule has 254 valence electrons. The molecule has 0 aliphatic carbocycles. The molecule has 14 heteroatoms. The van der Waals surface area contributed by atoms with Gasteiger partial charge in [-0.05, 0) is 84.0 Å². The highest BCUT2D eigenvalue weighted by molar-refractivity contribution is 6.10. The lowest BCUT2D eigenvalue weighted by atomic mass is 9.96. The Morgan fingerprint density at radius 2 is 1.92 bits per heavy atom. The zero-order valence-electron chi connectivity index (χ0n) is 27.4. The molecule has 4 aromatic rings. The minimum atomic E-state index is -4.66. The molecule has 1 fully saturated rings. The van der Waals surface area contributed by atoms with Crippen molar-refractivity contribution in [2.75, 3.05) is 36.4 Å². The molecule has 2 N–H and O–H groups in total. The lowest BCUT2D eigenvalue weighted by Crippen LogP contribution is -2.33. The molecule has 1 unspecified atom stereocenters. The number of pyridine rings is 1. The summed E-state index contributed by atoms with van der Waals surface area (Å²) in [6.45, 7) is 5.73. The van der Waals surface area contributed by atoms with E-state index in [4.69, 9.17) is 0 Å². The fourth-order valence-electron chi connectivity index (χ4n) is 6.59. The van der Waals surface area contributed by atoms with Crippen molar-refractivity contribution in [3.63, 3.8) is 0 Å². The highest BCUT2D eigenvalue weighted by Crippen LogP contribution is 2.41. The number of piperidine rings is 1. The zero-order chi connectivity index (χ0) is 34.9. The highest BCUT2D eigenvalue weighted by Gasteiger charge is 2.41. The van der Waals surface area contributed by atoms with E-state index in [9.17, 15) is 28.0 Å². The zero-order valence-corrected chi connectivity index (χ0v) is 27.4. The summed E-state index contributed by atoms with van der Waals surface area (Å²) in [5.74, 6) is 0.647. The Balaban J connectivity index is 1.42. The molecule has 11 nitrogen and oxygen atoms in total. The molecule has 1 saturated heterocycles. The Kier molecular flexibility index (Phi) is 9.38. The third-order valence-corrected chi connectivity index (χ3v) is 8.86. The Labute approximate surface area is 281 Å². The van der Waals surface area contributed by atoms with E-state index in [0.717, 1.165) is 25.9 Å². The molecule has 49 heavy (non-hydrogen) atoms. The van der Waals surface area contributed by atoms with Gasteiger partial charge in [0.05, 0.1) is 23.7 Å². The summed E-state index contributed by atoms with van der Waals surface area (Å²) in [5, 5.41) is 23.7. The maximum Gasteiger partial charge on any atom is 0.416 e. The number of anilines is 2. The van der Waals surface area contributed by atoms with Crippen molar-refractivity contribution >= 4 is 23.5 Å². The smallest absolute Gasteiger partial charge is 0.368 e. The second kappa shape index (κ2) is 13.7. The minimum absolute atomic E-state index is 0.0143. The van der Waals surface area contributed by atoms with Crippen molar-refractivity contribution in [3.05, 3.63) is 76.6 Å². The quantitative estimate of drug-likeness (QED) is 0.227. The summed E-state index contributed by atoms with van der Waals surface area (Å²) in [4.78, 5) is 33.5. The second-order valence-electron chi connectivity index (χ2n) is 12.7. The first-order valence-corrected chi connectivity index (χ1v) is 16.1. The minimum Gasteiger partial charge on any atom is -0.368 e. The Morgan fingerprint density at radius 3 is 2.61 bits per heavy atom. The number of carbonyl (C=O) groups excluding carboxylic acids is 2. The van der Waals surface area contributed by atoms with Crippen LogP contribution in [0.1, 0.15) is 59.3 Å². The van der Waals surface area contributed by atoms with Crippen LogP contribution in [0.4, 0.5) is 24.8 Å². The predicted octanol–water partition coefficient (Wildman–Crippen LogP) is 5.37. The van der Waals surface area contributed by atoms with E-state index >= 15 is 0 Å². The van der Waals surface area contributed by atoms with Crippen molar-refractivity contribution < 1.29 is 22.8 Å². The van der Waals surface area contributed by atoms with Crippen molar-refractivity contribution in [1.29, 1.82) is 5.26 Å². The Hall–Kier alpha value is -5.29. The van der Waals surface area contributed by atoms with Gasteiger partial charge < -0.3 is 15.2 Å². The average molecular weight is 672 g/mol. The fraction of sp³-hybridized carbons (Fsp3) is 0.371. The first-order valence-electron chi connectivity index (χ1n) is 16.1. The van der Waals surface area contributed by atoms with Gasteiger partial charge in [-0.15, -0.1) is 10.2 Å². The maximum absolute atomic E-state index is 14.5. The van der Waals surface area contributed by atoms with Gasteiger partial charge in [-0.1, -0.05) is 13.0 Å². The average Bonchev–Trinajstić information content (AvgIpc) is 3.64. The van der Waals surface area contributed by atoms with Crippen molar-refractivity contribution in [1.82, 2.24) is 30.0 Å². The van der Waals surface area contributed by atoms with Crippen LogP contribution in [0.15, 0.2) is 48.8 Å². The predicted molar refractivity (Wildman–Crippen MR) is 177 cm³/mol. The fourth-order valence-corrected chi connectivity index (χ4v) is 6.59. The van der Waals surface area contributed by atoms with E-state index in [1.54, 1.807) is 48.0 Å². The van der Waals surface area contributed by atoms with Gasteiger partial charge in [-0.2, -0.15) is 18.4 Å². The first kappa shape index (κ1) is 33.6. The van der Waals surface area contributed by atoms with Crippen LogP contribution in [0, 0.1) is 17.2 Å². The Bertz CT molecular complexity index is 1950. The number of hydrogen-bond donors (Lipinski definition) is 2. The van der Waals surface area contributed by atoms with Crippen LogP contribution in [0.3, 0.4) is 0 Å². The molecule has 0 radical (unpaired) electrons. The molecule has 1 atom stereocenters. The second-order valence-corrected chi connectivity index (χ2v) is 12.7. The molecular weight excluding hydrogens is 635 g/mol. The first-order chi connectivity index (χ1) is 23.4. The number of nitrogens with zero attached hydrogens (tertiary/aromatic N) is 7. The number of benzene rings is 2. The number of nitrogens with one attached hydrogen (secondary N) is 2. The van der Waals surface area contributed by atoms with Crippen LogP contribution in [0.5, 0.6) is 0 Å². The van der Waals surface area contributed by atoms with Crippen LogP contribution >= 0.6 is 0 Å². The number of likely N-dealkylation sites (tertiary alicyclic amines) is 1. The molecule has 2 aromatic heterocycles. The van der Waals surface area contributed by atoms with Gasteiger partial charge in [-0.3, -0.25) is 19.4 Å². The molecule has 6 rings (SSSR count). The molecule has 2 aliphatic rings. The number of hydrogen-bond acceptors (Lipinski definition) is 8. The SMILES string of the molecule is CC(=O)NCCNc1cc(-c2ccc(C#N)cc2-c2nncn2C)cc(N2Cc3c(cc(CN4CCCC(C)C4)cc3C(F)(F)F)C2=O)n1. The molecule has 2 aromatic carbocycles. The summed E-state index contributed by atoms with van der Waals surface area (Å²) >= 11 is 0. The normalized spacial score (nSPS) is 16.4. The van der Waals surface area contributed by atoms with Gasteiger partial charge in [0.25, 0.3) is 5.91 Å². The van der Waals surface area contributed by atoms with E-state index < -0.39 is 17.6 Å². The molecule has 0 spiro atoms. The summed E-state index contributed by atoms with van der Waals surface area (Å²) in [7, 11) is 1.77. The lowest BCUT2D eigenvalue weighted by molar-refractivity contribution is -0.138. The van der Waals surface area contributed by atoms with Gasteiger partial charge in [0.1, 0.15) is 18.0 Å². The van der Waals surface area contributed by atoms with Gasteiger partial charge in [0, 0.05) is 51.3 Å². The van der Waals surface area contributed by atoms with Gasteiger partial charge in [-0.25, -0.2) is 4.98 Å². The summed E-state index contributed by atoms with van der Waals surface area (Å²) < 4.78 is 45.3. The number of rotatable bonds is 9. The molecule has 0 saturated carbocycles. The van der Waals surface area contributed by atoms with E-state index in [1.807, 2.05) is 0 Å². The molecular formula is C35H36F3N9O2. The third kappa shape index (κ3) is 7.26. The summed E-state index contributed by atoms with van der Waals surface area (Å²) in [5.41, 5.74) is 1.76. The van der Waals surface area contributed by atoms with Crippen LogP contribution in [0.25, 0.3) is 22.5 Å². The third-order valence-electron chi connectivity index (χ3n) is 8.86. The summed E-state index contributed by atoms with van der Waals surface area (Å²) in [6, 6.07) is 13.4. The number of alkyl halides is 3. The molecule has 2 aliphatic heterocycles. The van der Waals surface area contributed by atoms with Crippen LogP contribution in [-0.4, -0.2) is 62.6 Å². The summed E-state index contributed by atoms with van der Waals surface area (Å²) in [6.07, 6.45) is -1.07. The lowest BCUT2D eigenvalue weighted by Gasteiger charge is -2.31. The van der Waals surface area contributed by atoms with Crippen molar-refractivity contribution in [2.24, 2.45) is 13.0 Å². The number of carbonyl (C=O) groups is 2. The molecule has 0 bridgehead atoms. The number of halogens is 3. The van der Waals surface area contributed by atoms with Gasteiger partial charge in [0.15, 0.2) is 5.82 Å². The van der Waals surface area contributed by atoms with E-state index in [1.165, 1.54) is 24.2 Å². The van der Waals surface area contributed by atoms with Crippen molar-refractivity contribution in [2.45, 2.75) is 46.0 Å². The maximum atomic E-state index is 14.5. The van der Waals surface area contributed by atoms with E-state index in [2.05, 4.69) is 43.7 Å². The van der Waals surface area contributed by atoms with E-state index in [0.29, 0.717) is 65.0 Å². The number of aromatic nitrogens is 4. The monoisotopic (exact) mass is 671 g/mol. The number of nitriles is 1. The number of aryl methyl sites for hydroxylation is 1. The number of fused-ring (bicyclic) bond motifs is 1. The van der Waals surface area contributed by atoms with Gasteiger partial charge >= 0.3 is 6.18 Å². The molecule has 2 amide bonds.